The van der Waals surface area contributed by atoms with Crippen molar-refractivity contribution < 1.29 is 19.3 Å². The van der Waals surface area contributed by atoms with Crippen LogP contribution in [0.15, 0.2) is 12.2 Å². The van der Waals surface area contributed by atoms with Crippen LogP contribution in [0.1, 0.15) is 34.6 Å². The summed E-state index contributed by atoms with van der Waals surface area (Å²) in [4.78, 5) is 20.3. The molecule has 0 amide bonds. The maximum atomic E-state index is 10.9. The summed E-state index contributed by atoms with van der Waals surface area (Å²) < 4.78 is 5.40. The van der Waals surface area contributed by atoms with Crippen LogP contribution in [-0.4, -0.2) is 18.4 Å². The van der Waals surface area contributed by atoms with Crippen molar-refractivity contribution in [1.82, 2.24) is 0 Å². The Morgan fingerprint density at radius 2 is 2.00 bits per heavy atom. The van der Waals surface area contributed by atoms with Gasteiger partial charge in [-0.25, -0.2) is 4.79 Å². The minimum Gasteiger partial charge on any atom is -0.347 e. The van der Waals surface area contributed by atoms with Crippen molar-refractivity contribution in [3.05, 3.63) is 12.2 Å². The van der Waals surface area contributed by atoms with Crippen molar-refractivity contribution in [2.24, 2.45) is 5.92 Å². The molecule has 0 saturated heterocycles. The fraction of sp³-hybridized carbons (Fsp3) is 0.727. The first kappa shape index (κ1) is 14.1. The van der Waals surface area contributed by atoms with Crippen LogP contribution in [0, 0.1) is 5.92 Å². The van der Waals surface area contributed by atoms with E-state index < -0.39 is 11.8 Å². The van der Waals surface area contributed by atoms with Crippen LogP contribution >= 0.6 is 0 Å². The van der Waals surface area contributed by atoms with Gasteiger partial charge < -0.3 is 4.74 Å². The van der Waals surface area contributed by atoms with Crippen LogP contribution in [0.4, 0.5) is 0 Å². The molecular formula is C11H20O4. The van der Waals surface area contributed by atoms with Gasteiger partial charge in [-0.3, -0.25) is 4.89 Å². The van der Waals surface area contributed by atoms with Gasteiger partial charge in [0, 0.05) is 6.08 Å². The Kier molecular flexibility index (Phi) is 6.20. The van der Waals surface area contributed by atoms with Gasteiger partial charge in [0.05, 0.1) is 6.61 Å². The second-order valence-electron chi connectivity index (χ2n) is 4.09. The van der Waals surface area contributed by atoms with Gasteiger partial charge in [-0.05, 0) is 26.7 Å². The molecule has 0 aromatic rings. The summed E-state index contributed by atoms with van der Waals surface area (Å²) >= 11 is 0. The third-order valence-corrected chi connectivity index (χ3v) is 1.39. The van der Waals surface area contributed by atoms with Gasteiger partial charge in [-0.15, -0.1) is 4.89 Å². The molecule has 4 heteroatoms. The molecule has 0 bridgehead atoms. The molecule has 0 fully saturated rings. The zero-order chi connectivity index (χ0) is 11.9. The number of hydrogen-bond acceptors (Lipinski definition) is 4. The van der Waals surface area contributed by atoms with Gasteiger partial charge in [-0.2, -0.15) is 0 Å². The molecule has 0 rings (SSSR count). The van der Waals surface area contributed by atoms with Crippen LogP contribution < -0.4 is 0 Å². The van der Waals surface area contributed by atoms with Crippen molar-refractivity contribution in [1.29, 1.82) is 0 Å². The number of ether oxygens (including phenoxy) is 1. The number of rotatable bonds is 6. The molecule has 0 aromatic carbocycles. The Bertz CT molecular complexity index is 219. The third kappa shape index (κ3) is 8.15. The highest BCUT2D eigenvalue weighted by Gasteiger charge is 2.22. The number of hydrogen-bond donors (Lipinski definition) is 0. The molecule has 0 heterocycles. The lowest BCUT2D eigenvalue weighted by molar-refractivity contribution is -0.391. The average Bonchev–Trinajstić information content (AvgIpc) is 2.13. The molecule has 0 aliphatic rings. The Morgan fingerprint density at radius 3 is 2.47 bits per heavy atom. The molecule has 0 aromatic heterocycles. The van der Waals surface area contributed by atoms with E-state index in [0.717, 1.165) is 0 Å². The van der Waals surface area contributed by atoms with Gasteiger partial charge in [0.1, 0.15) is 0 Å². The first-order valence-corrected chi connectivity index (χ1v) is 5.03. The van der Waals surface area contributed by atoms with E-state index in [-0.39, 0.29) is 0 Å². The van der Waals surface area contributed by atoms with Gasteiger partial charge in [0.15, 0.2) is 0 Å². The summed E-state index contributed by atoms with van der Waals surface area (Å²) in [6.07, 6.45) is 2.85. The third-order valence-electron chi connectivity index (χ3n) is 1.39. The van der Waals surface area contributed by atoms with E-state index in [0.29, 0.717) is 12.5 Å². The van der Waals surface area contributed by atoms with Crippen molar-refractivity contribution in [3.63, 3.8) is 0 Å². The van der Waals surface area contributed by atoms with Gasteiger partial charge in [-0.1, -0.05) is 19.9 Å². The zero-order valence-electron chi connectivity index (χ0n) is 10.1. The normalized spacial score (nSPS) is 12.4. The Morgan fingerprint density at radius 1 is 1.40 bits per heavy atom. The van der Waals surface area contributed by atoms with E-state index in [9.17, 15) is 4.79 Å². The molecule has 0 aliphatic carbocycles. The minimum atomic E-state index is -0.915. The van der Waals surface area contributed by atoms with E-state index in [1.807, 2.05) is 13.8 Å². The summed E-state index contributed by atoms with van der Waals surface area (Å²) in [6.45, 7) is 9.72. The lowest BCUT2D eigenvalue weighted by Crippen LogP contribution is -2.31. The Labute approximate surface area is 91.1 Å². The summed E-state index contributed by atoms with van der Waals surface area (Å²) in [5.74, 6) is -1.06. The van der Waals surface area contributed by atoms with Crippen LogP contribution in [0.5, 0.6) is 0 Å². The standard InChI is InChI=1S/C11H20O4/c1-6-7-10(12)14-15-11(4,5)13-8-9(2)3/h6-7,9H,8H2,1-5H3/b7-6+. The number of allylic oxidation sites excluding steroid dienone is 1. The second-order valence-corrected chi connectivity index (χ2v) is 4.09. The molecule has 0 N–H and O–H groups in total. The molecule has 88 valence electrons. The quantitative estimate of drug-likeness (QED) is 0.296. The topological polar surface area (TPSA) is 44.8 Å². The van der Waals surface area contributed by atoms with Crippen molar-refractivity contribution in [3.8, 4) is 0 Å². The SMILES string of the molecule is C/C=C/C(=O)OOC(C)(C)OCC(C)C. The smallest absolute Gasteiger partial charge is 0.347 e. The average molecular weight is 216 g/mol. The predicted octanol–water partition coefficient (Wildman–Crippen LogP) is 2.45. The number of carbonyl (C=O) groups is 1. The minimum absolute atomic E-state index is 0.402. The summed E-state index contributed by atoms with van der Waals surface area (Å²) in [5, 5.41) is 0. The van der Waals surface area contributed by atoms with Crippen molar-refractivity contribution in [2.75, 3.05) is 6.61 Å². The molecule has 0 aliphatic heterocycles. The lowest BCUT2D eigenvalue weighted by atomic mass is 10.2. The van der Waals surface area contributed by atoms with E-state index in [1.165, 1.54) is 6.08 Å². The molecule has 15 heavy (non-hydrogen) atoms. The number of carbonyl (C=O) groups excluding carboxylic acids is 1. The molecule has 0 spiro atoms. The van der Waals surface area contributed by atoms with Crippen molar-refractivity contribution in [2.45, 2.75) is 40.4 Å². The van der Waals surface area contributed by atoms with Gasteiger partial charge in [0.25, 0.3) is 0 Å². The maximum Gasteiger partial charge on any atom is 0.365 e. The van der Waals surface area contributed by atoms with Crippen LogP contribution in [0.2, 0.25) is 0 Å². The Hall–Kier alpha value is -0.870. The first-order valence-electron chi connectivity index (χ1n) is 5.03. The zero-order valence-corrected chi connectivity index (χ0v) is 10.1. The Balaban J connectivity index is 3.87. The monoisotopic (exact) mass is 216 g/mol. The highest BCUT2D eigenvalue weighted by molar-refractivity contribution is 5.81. The summed E-state index contributed by atoms with van der Waals surface area (Å²) in [6, 6.07) is 0. The maximum absolute atomic E-state index is 10.9. The van der Waals surface area contributed by atoms with Crippen LogP contribution in [0.25, 0.3) is 0 Å². The molecule has 4 nitrogen and oxygen atoms in total. The molecule has 0 radical (unpaired) electrons. The molecule has 0 unspecified atom stereocenters. The predicted molar refractivity (Wildman–Crippen MR) is 56.9 cm³/mol. The fourth-order valence-electron chi connectivity index (χ4n) is 0.697. The summed E-state index contributed by atoms with van der Waals surface area (Å²) in [5.41, 5.74) is 0. The summed E-state index contributed by atoms with van der Waals surface area (Å²) in [7, 11) is 0. The fourth-order valence-corrected chi connectivity index (χ4v) is 0.697. The lowest BCUT2D eigenvalue weighted by Gasteiger charge is -2.23. The van der Waals surface area contributed by atoms with E-state index >= 15 is 0 Å². The van der Waals surface area contributed by atoms with Crippen LogP contribution in [0.3, 0.4) is 0 Å². The van der Waals surface area contributed by atoms with Gasteiger partial charge in [0.2, 0.25) is 5.79 Å². The first-order chi connectivity index (χ1) is 6.87. The van der Waals surface area contributed by atoms with E-state index in [2.05, 4.69) is 4.89 Å². The van der Waals surface area contributed by atoms with Crippen LogP contribution in [-0.2, 0) is 19.3 Å². The van der Waals surface area contributed by atoms with E-state index in [4.69, 9.17) is 9.62 Å². The highest BCUT2D eigenvalue weighted by atomic mass is 17.2. The highest BCUT2D eigenvalue weighted by Crippen LogP contribution is 2.13. The largest absolute Gasteiger partial charge is 0.365 e. The van der Waals surface area contributed by atoms with E-state index in [1.54, 1.807) is 26.8 Å². The van der Waals surface area contributed by atoms with Crippen molar-refractivity contribution >= 4 is 5.97 Å². The second kappa shape index (κ2) is 6.58. The van der Waals surface area contributed by atoms with Gasteiger partial charge >= 0.3 is 5.97 Å². The molecule has 0 atom stereocenters. The molecular weight excluding hydrogens is 196 g/mol. The molecule has 0 saturated carbocycles.